The molecule has 0 spiro atoms. The molecule has 180 valence electrons. The van der Waals surface area contributed by atoms with Gasteiger partial charge >= 0.3 is 5.97 Å². The third-order valence-electron chi connectivity index (χ3n) is 6.03. The molecule has 5 heteroatoms. The van der Waals surface area contributed by atoms with Crippen molar-refractivity contribution in [2.45, 2.75) is 110 Å². The van der Waals surface area contributed by atoms with Gasteiger partial charge in [-0.15, -0.1) is 12.4 Å². The van der Waals surface area contributed by atoms with Crippen LogP contribution in [0.15, 0.2) is 18.2 Å². The minimum atomic E-state index is -0.936. The normalized spacial score (nSPS) is 10.6. The molecule has 0 fully saturated rings. The fourth-order valence-corrected chi connectivity index (χ4v) is 4.05. The quantitative estimate of drug-likeness (QED) is 0.164. The van der Waals surface area contributed by atoms with Gasteiger partial charge in [0.05, 0.1) is 16.9 Å². The van der Waals surface area contributed by atoms with Gasteiger partial charge in [-0.3, -0.25) is 0 Å². The molecule has 0 atom stereocenters. The summed E-state index contributed by atoms with van der Waals surface area (Å²) < 4.78 is 0. The minimum absolute atomic E-state index is 0. The highest BCUT2D eigenvalue weighted by Crippen LogP contribution is 2.24. The summed E-state index contributed by atoms with van der Waals surface area (Å²) in [5, 5.41) is 9.03. The van der Waals surface area contributed by atoms with Gasteiger partial charge in [0.15, 0.2) is 0 Å². The first-order valence-corrected chi connectivity index (χ1v) is 12.4. The molecule has 31 heavy (non-hydrogen) atoms. The SMILES string of the molecule is CCCCCCCCCCCCCCCCCCN(C)c1ccc(C(=O)O)cc1N.Cl. The maximum absolute atomic E-state index is 11.0. The average Bonchev–Trinajstić information content (AvgIpc) is 2.73. The van der Waals surface area contributed by atoms with E-state index < -0.39 is 5.97 Å². The molecule has 1 rings (SSSR count). The molecule has 0 amide bonds. The van der Waals surface area contributed by atoms with Gasteiger partial charge in [0, 0.05) is 13.6 Å². The van der Waals surface area contributed by atoms with Crippen molar-refractivity contribution in [3.8, 4) is 0 Å². The van der Waals surface area contributed by atoms with Crippen LogP contribution in [0.1, 0.15) is 120 Å². The van der Waals surface area contributed by atoms with Crippen LogP contribution in [-0.2, 0) is 0 Å². The lowest BCUT2D eigenvalue weighted by atomic mass is 10.0. The molecule has 1 aromatic carbocycles. The number of benzene rings is 1. The van der Waals surface area contributed by atoms with Gasteiger partial charge in [-0.2, -0.15) is 0 Å². The van der Waals surface area contributed by atoms with Gasteiger partial charge in [-0.1, -0.05) is 103 Å². The molecule has 0 aromatic heterocycles. The molecule has 1 aromatic rings. The number of carbonyl (C=O) groups is 1. The molecular formula is C26H47ClN2O2. The molecule has 0 aliphatic rings. The van der Waals surface area contributed by atoms with Crippen LogP contribution < -0.4 is 10.6 Å². The second-order valence-corrected chi connectivity index (χ2v) is 8.80. The topological polar surface area (TPSA) is 66.6 Å². The van der Waals surface area contributed by atoms with E-state index in [9.17, 15) is 4.79 Å². The van der Waals surface area contributed by atoms with Crippen molar-refractivity contribution in [2.24, 2.45) is 0 Å². The van der Waals surface area contributed by atoms with Crippen molar-refractivity contribution in [2.75, 3.05) is 24.2 Å². The first kappa shape index (κ1) is 29.6. The summed E-state index contributed by atoms with van der Waals surface area (Å²) in [6.07, 6.45) is 22.0. The maximum Gasteiger partial charge on any atom is 0.335 e. The van der Waals surface area contributed by atoms with Crippen LogP contribution in [-0.4, -0.2) is 24.7 Å². The average molecular weight is 455 g/mol. The fourth-order valence-electron chi connectivity index (χ4n) is 4.05. The largest absolute Gasteiger partial charge is 0.478 e. The highest BCUT2D eigenvalue weighted by molar-refractivity contribution is 5.90. The Bertz CT molecular complexity index is 581. The van der Waals surface area contributed by atoms with E-state index in [0.29, 0.717) is 5.69 Å². The Morgan fingerprint density at radius 3 is 1.61 bits per heavy atom. The molecule has 0 bridgehead atoms. The van der Waals surface area contributed by atoms with E-state index in [4.69, 9.17) is 10.8 Å². The van der Waals surface area contributed by atoms with Crippen LogP contribution in [0.3, 0.4) is 0 Å². The van der Waals surface area contributed by atoms with Crippen LogP contribution >= 0.6 is 12.4 Å². The lowest BCUT2D eigenvalue weighted by Crippen LogP contribution is -2.20. The Morgan fingerprint density at radius 1 is 0.806 bits per heavy atom. The number of halogens is 1. The number of anilines is 2. The highest BCUT2D eigenvalue weighted by Gasteiger charge is 2.09. The van der Waals surface area contributed by atoms with Crippen molar-refractivity contribution in [3.05, 3.63) is 23.8 Å². The molecule has 0 aliphatic carbocycles. The predicted molar refractivity (Wildman–Crippen MR) is 138 cm³/mol. The van der Waals surface area contributed by atoms with Gasteiger partial charge in [-0.25, -0.2) is 4.79 Å². The number of hydrogen-bond donors (Lipinski definition) is 2. The zero-order chi connectivity index (χ0) is 22.0. The number of rotatable bonds is 19. The van der Waals surface area contributed by atoms with Crippen molar-refractivity contribution in [1.82, 2.24) is 0 Å². The molecule has 0 saturated heterocycles. The smallest absolute Gasteiger partial charge is 0.335 e. The zero-order valence-electron chi connectivity index (χ0n) is 20.0. The number of nitrogen functional groups attached to an aromatic ring is 1. The Hall–Kier alpha value is -1.42. The monoisotopic (exact) mass is 454 g/mol. The zero-order valence-corrected chi connectivity index (χ0v) is 20.9. The summed E-state index contributed by atoms with van der Waals surface area (Å²) in [5.74, 6) is -0.936. The van der Waals surface area contributed by atoms with Gasteiger partial charge in [0.1, 0.15) is 0 Å². The lowest BCUT2D eigenvalue weighted by molar-refractivity contribution is 0.0697. The summed E-state index contributed by atoms with van der Waals surface area (Å²) in [7, 11) is 2.03. The fraction of sp³-hybridized carbons (Fsp3) is 0.731. The van der Waals surface area contributed by atoms with Gasteiger partial charge in [-0.05, 0) is 24.6 Å². The number of hydrogen-bond acceptors (Lipinski definition) is 3. The van der Waals surface area contributed by atoms with E-state index in [-0.39, 0.29) is 18.0 Å². The van der Waals surface area contributed by atoms with E-state index in [0.717, 1.165) is 18.7 Å². The Balaban J connectivity index is 0.00000900. The summed E-state index contributed by atoms with van der Waals surface area (Å²) in [6.45, 7) is 3.23. The lowest BCUT2D eigenvalue weighted by Gasteiger charge is -2.21. The van der Waals surface area contributed by atoms with Gasteiger partial charge < -0.3 is 15.7 Å². The molecule has 0 radical (unpaired) electrons. The number of nitrogens with zero attached hydrogens (tertiary/aromatic N) is 1. The third-order valence-corrected chi connectivity index (χ3v) is 6.03. The van der Waals surface area contributed by atoms with Crippen LogP contribution in [0.2, 0.25) is 0 Å². The summed E-state index contributed by atoms with van der Waals surface area (Å²) >= 11 is 0. The summed E-state index contributed by atoms with van der Waals surface area (Å²) in [5.41, 5.74) is 7.71. The molecule has 0 heterocycles. The van der Waals surface area contributed by atoms with Crippen molar-refractivity contribution >= 4 is 29.8 Å². The molecule has 3 N–H and O–H groups in total. The molecule has 0 unspecified atom stereocenters. The maximum atomic E-state index is 11.0. The van der Waals surface area contributed by atoms with E-state index in [1.165, 1.54) is 96.3 Å². The number of carboxylic acids is 1. The first-order chi connectivity index (χ1) is 14.6. The van der Waals surface area contributed by atoms with Crippen molar-refractivity contribution < 1.29 is 9.90 Å². The van der Waals surface area contributed by atoms with Crippen molar-refractivity contribution in [1.29, 1.82) is 0 Å². The number of carboxylic acid groups (broad SMARTS) is 1. The standard InChI is InChI=1S/C26H46N2O2.ClH/c1-3-4-5-6-7-8-9-10-11-12-13-14-15-16-17-18-21-28(2)25-20-19-23(26(29)30)22-24(25)27;/h19-20,22H,3-18,21,27H2,1-2H3,(H,29,30);1H. The molecule has 0 saturated carbocycles. The number of unbranched alkanes of at least 4 members (excludes halogenated alkanes) is 15. The Morgan fingerprint density at radius 2 is 1.23 bits per heavy atom. The second kappa shape index (κ2) is 19.3. The van der Waals surface area contributed by atoms with E-state index >= 15 is 0 Å². The molecule has 0 aliphatic heterocycles. The Labute approximate surface area is 197 Å². The van der Waals surface area contributed by atoms with Gasteiger partial charge in [0.2, 0.25) is 0 Å². The second-order valence-electron chi connectivity index (χ2n) is 8.80. The van der Waals surface area contributed by atoms with Crippen LogP contribution in [0, 0.1) is 0 Å². The molecular weight excluding hydrogens is 408 g/mol. The Kier molecular flexibility index (Phi) is 18.4. The number of aromatic carboxylic acids is 1. The van der Waals surface area contributed by atoms with Crippen molar-refractivity contribution in [3.63, 3.8) is 0 Å². The first-order valence-electron chi connectivity index (χ1n) is 12.4. The summed E-state index contributed by atoms with van der Waals surface area (Å²) in [4.78, 5) is 13.1. The van der Waals surface area contributed by atoms with Crippen LogP contribution in [0.5, 0.6) is 0 Å². The third kappa shape index (κ3) is 14.3. The van der Waals surface area contributed by atoms with Crippen LogP contribution in [0.25, 0.3) is 0 Å². The number of nitrogens with two attached hydrogens (primary N) is 1. The van der Waals surface area contributed by atoms with E-state index in [1.54, 1.807) is 12.1 Å². The molecule has 4 nitrogen and oxygen atoms in total. The van der Waals surface area contributed by atoms with E-state index in [1.807, 2.05) is 13.1 Å². The highest BCUT2D eigenvalue weighted by atomic mass is 35.5. The van der Waals surface area contributed by atoms with Gasteiger partial charge in [0.25, 0.3) is 0 Å². The van der Waals surface area contributed by atoms with Crippen LogP contribution in [0.4, 0.5) is 11.4 Å². The minimum Gasteiger partial charge on any atom is -0.478 e. The summed E-state index contributed by atoms with van der Waals surface area (Å²) in [6, 6.07) is 4.98. The predicted octanol–water partition coefficient (Wildman–Crippen LogP) is 8.09. The van der Waals surface area contributed by atoms with E-state index in [2.05, 4.69) is 11.8 Å².